The van der Waals surface area contributed by atoms with Crippen molar-refractivity contribution in [3.05, 3.63) is 29.8 Å². The Kier molecular flexibility index (Phi) is 5.65. The van der Waals surface area contributed by atoms with Crippen LogP contribution in [0.15, 0.2) is 34.3 Å². The number of amidine groups is 2. The summed E-state index contributed by atoms with van der Waals surface area (Å²) in [5.41, 5.74) is 2.36. The molecule has 20 heavy (non-hydrogen) atoms. The molecule has 1 aliphatic rings. The molecule has 0 unspecified atom stereocenters. The summed E-state index contributed by atoms with van der Waals surface area (Å²) in [6.07, 6.45) is 2.30. The largest absolute Gasteiger partial charge is 0.360 e. The van der Waals surface area contributed by atoms with Crippen LogP contribution in [0.2, 0.25) is 0 Å². The molecule has 0 atom stereocenters. The Morgan fingerprint density at radius 3 is 2.65 bits per heavy atom. The van der Waals surface area contributed by atoms with Crippen molar-refractivity contribution >= 4 is 28.5 Å². The van der Waals surface area contributed by atoms with Crippen LogP contribution >= 0.6 is 11.8 Å². The van der Waals surface area contributed by atoms with E-state index in [0.29, 0.717) is 0 Å². The minimum absolute atomic E-state index is 0.887. The number of hydrogen-bond donors (Lipinski definition) is 0. The maximum atomic E-state index is 4.73. The maximum Gasteiger partial charge on any atom is 0.190 e. The van der Waals surface area contributed by atoms with E-state index in [1.165, 1.54) is 5.56 Å². The third kappa shape index (κ3) is 3.85. The first kappa shape index (κ1) is 15.1. The quantitative estimate of drug-likeness (QED) is 0.604. The molecule has 0 bridgehead atoms. The van der Waals surface area contributed by atoms with Crippen LogP contribution in [0, 0.1) is 0 Å². The van der Waals surface area contributed by atoms with Crippen LogP contribution in [-0.4, -0.2) is 29.0 Å². The van der Waals surface area contributed by atoms with E-state index in [1.807, 2.05) is 6.07 Å². The first-order valence-corrected chi connectivity index (χ1v) is 8.32. The van der Waals surface area contributed by atoms with E-state index >= 15 is 0 Å². The van der Waals surface area contributed by atoms with Crippen molar-refractivity contribution < 1.29 is 0 Å². The number of benzene rings is 1. The number of thioether (sulfide) groups is 1. The van der Waals surface area contributed by atoms with Gasteiger partial charge in [-0.3, -0.25) is 0 Å². The fourth-order valence-corrected chi connectivity index (χ4v) is 3.15. The highest BCUT2D eigenvalue weighted by atomic mass is 32.2. The highest BCUT2D eigenvalue weighted by molar-refractivity contribution is 8.13. The van der Waals surface area contributed by atoms with Gasteiger partial charge < -0.3 is 4.90 Å². The summed E-state index contributed by atoms with van der Waals surface area (Å²) in [7, 11) is 0. The van der Waals surface area contributed by atoms with E-state index in [2.05, 4.69) is 48.9 Å². The predicted molar refractivity (Wildman–Crippen MR) is 90.1 cm³/mol. The Labute approximate surface area is 126 Å². The summed E-state index contributed by atoms with van der Waals surface area (Å²) < 4.78 is 0. The number of rotatable bonds is 4. The third-order valence-corrected chi connectivity index (χ3v) is 4.16. The molecular formula is C16H23N3S. The summed E-state index contributed by atoms with van der Waals surface area (Å²) in [6.45, 7) is 8.64. The van der Waals surface area contributed by atoms with Crippen LogP contribution < -0.4 is 0 Å². The van der Waals surface area contributed by atoms with Gasteiger partial charge in [-0.05, 0) is 31.4 Å². The predicted octanol–water partition coefficient (Wildman–Crippen LogP) is 4.46. The zero-order valence-electron chi connectivity index (χ0n) is 12.6. The lowest BCUT2D eigenvalue weighted by Gasteiger charge is -2.23. The van der Waals surface area contributed by atoms with Crippen LogP contribution in [0.1, 0.15) is 39.2 Å². The van der Waals surface area contributed by atoms with Gasteiger partial charge in [0.05, 0.1) is 5.69 Å². The van der Waals surface area contributed by atoms with Gasteiger partial charge in [0, 0.05) is 18.8 Å². The molecule has 0 aromatic heterocycles. The second kappa shape index (κ2) is 7.48. The molecule has 0 N–H and O–H groups in total. The lowest BCUT2D eigenvalue weighted by Crippen LogP contribution is -2.31. The molecule has 108 valence electrons. The van der Waals surface area contributed by atoms with Gasteiger partial charge in [-0.15, -0.1) is 0 Å². The molecule has 4 heteroatoms. The molecule has 0 saturated carbocycles. The van der Waals surface area contributed by atoms with E-state index in [4.69, 9.17) is 4.99 Å². The first-order valence-electron chi connectivity index (χ1n) is 7.34. The normalized spacial score (nSPS) is 14.8. The topological polar surface area (TPSA) is 28.0 Å². The molecule has 1 heterocycles. The van der Waals surface area contributed by atoms with Crippen molar-refractivity contribution in [1.82, 2.24) is 4.90 Å². The number of fused-ring (bicyclic) bond motifs is 1. The minimum Gasteiger partial charge on any atom is -0.360 e. The molecule has 0 fully saturated rings. The van der Waals surface area contributed by atoms with Crippen LogP contribution in [0.4, 0.5) is 5.69 Å². The number of nitrogens with zero attached hydrogens (tertiary/aromatic N) is 3. The smallest absolute Gasteiger partial charge is 0.190 e. The van der Waals surface area contributed by atoms with Crippen molar-refractivity contribution in [2.24, 2.45) is 9.98 Å². The van der Waals surface area contributed by atoms with E-state index in [-0.39, 0.29) is 0 Å². The van der Waals surface area contributed by atoms with Gasteiger partial charge in [0.15, 0.2) is 5.17 Å². The van der Waals surface area contributed by atoms with Gasteiger partial charge >= 0.3 is 0 Å². The van der Waals surface area contributed by atoms with E-state index in [1.54, 1.807) is 11.8 Å². The Morgan fingerprint density at radius 2 is 1.95 bits per heavy atom. The fraction of sp³-hybridized carbons (Fsp3) is 0.500. The molecule has 0 saturated heterocycles. The maximum absolute atomic E-state index is 4.73. The Morgan fingerprint density at radius 1 is 1.25 bits per heavy atom. The molecule has 0 radical (unpaired) electrons. The van der Waals surface area contributed by atoms with Crippen LogP contribution in [0.5, 0.6) is 0 Å². The van der Waals surface area contributed by atoms with Gasteiger partial charge in [-0.1, -0.05) is 43.8 Å². The average Bonchev–Trinajstić information content (AvgIpc) is 2.47. The van der Waals surface area contributed by atoms with Crippen molar-refractivity contribution in [2.75, 3.05) is 13.1 Å². The summed E-state index contributed by atoms with van der Waals surface area (Å²) in [4.78, 5) is 11.7. The zero-order chi connectivity index (χ0) is 14.4. The van der Waals surface area contributed by atoms with Gasteiger partial charge in [0.25, 0.3) is 0 Å². The van der Waals surface area contributed by atoms with Crippen LogP contribution in [0.25, 0.3) is 0 Å². The van der Waals surface area contributed by atoms with Gasteiger partial charge in [0.1, 0.15) is 5.84 Å². The summed E-state index contributed by atoms with van der Waals surface area (Å²) >= 11 is 1.72. The molecular weight excluding hydrogens is 266 g/mol. The average molecular weight is 289 g/mol. The fourth-order valence-electron chi connectivity index (χ4n) is 2.26. The number of para-hydroxylation sites is 1. The van der Waals surface area contributed by atoms with E-state index in [9.17, 15) is 0 Å². The second-order valence-electron chi connectivity index (χ2n) is 4.96. The highest BCUT2D eigenvalue weighted by Gasteiger charge is 2.13. The Balaban J connectivity index is 2.16. The second-order valence-corrected chi connectivity index (χ2v) is 5.90. The molecule has 3 nitrogen and oxygen atoms in total. The monoisotopic (exact) mass is 289 g/mol. The van der Waals surface area contributed by atoms with E-state index < -0.39 is 0 Å². The first-order chi connectivity index (χ1) is 9.74. The molecule has 1 aliphatic heterocycles. The number of aliphatic imine (C=N–C) groups is 2. The molecule has 0 aliphatic carbocycles. The van der Waals surface area contributed by atoms with Crippen molar-refractivity contribution in [1.29, 1.82) is 0 Å². The standard InChI is InChI=1S/C16H23N3S/c1-4-10-19(11-5-2)13(3)17-16-18-15-9-7-6-8-14(15)12-20-16/h6-9H,4-5,10-12H2,1-3H3/b17-13-. The third-order valence-electron chi connectivity index (χ3n) is 3.27. The summed E-state index contributed by atoms with van der Waals surface area (Å²) in [5.74, 6) is 2.05. The summed E-state index contributed by atoms with van der Waals surface area (Å²) in [5, 5.41) is 0.887. The minimum atomic E-state index is 0.887. The van der Waals surface area contributed by atoms with Crippen molar-refractivity contribution in [2.45, 2.75) is 39.4 Å². The molecule has 0 amide bonds. The van der Waals surface area contributed by atoms with Gasteiger partial charge in [0.2, 0.25) is 0 Å². The lowest BCUT2D eigenvalue weighted by molar-refractivity contribution is 0.415. The lowest BCUT2D eigenvalue weighted by atomic mass is 10.2. The molecule has 2 rings (SSSR count). The van der Waals surface area contributed by atoms with E-state index in [0.717, 1.165) is 48.4 Å². The molecule has 1 aromatic carbocycles. The SMILES string of the molecule is CCCN(CCC)/C(C)=N\C1=Nc2ccccc2CS1. The highest BCUT2D eigenvalue weighted by Crippen LogP contribution is 2.30. The molecule has 0 spiro atoms. The molecule has 1 aromatic rings. The number of hydrogen-bond acceptors (Lipinski definition) is 3. The van der Waals surface area contributed by atoms with Crippen LogP contribution in [-0.2, 0) is 5.75 Å². The van der Waals surface area contributed by atoms with Crippen LogP contribution in [0.3, 0.4) is 0 Å². The Bertz CT molecular complexity index is 502. The Hall–Kier alpha value is -1.29. The summed E-state index contributed by atoms with van der Waals surface area (Å²) in [6, 6.07) is 8.31. The van der Waals surface area contributed by atoms with Gasteiger partial charge in [-0.2, -0.15) is 0 Å². The van der Waals surface area contributed by atoms with Crippen molar-refractivity contribution in [3.63, 3.8) is 0 Å². The van der Waals surface area contributed by atoms with Crippen molar-refractivity contribution in [3.8, 4) is 0 Å². The van der Waals surface area contributed by atoms with Gasteiger partial charge in [-0.25, -0.2) is 9.98 Å². The zero-order valence-corrected chi connectivity index (χ0v) is 13.4.